The van der Waals surface area contributed by atoms with Gasteiger partial charge in [0.15, 0.2) is 11.5 Å². The Morgan fingerprint density at radius 2 is 1.70 bits per heavy atom. The first kappa shape index (κ1) is 20.1. The van der Waals surface area contributed by atoms with E-state index in [1.165, 1.54) is 12.8 Å². The Kier molecular flexibility index (Phi) is 7.13. The highest BCUT2D eigenvalue weighted by molar-refractivity contribution is 7.99. The van der Waals surface area contributed by atoms with Crippen LogP contribution < -0.4 is 14.2 Å². The molecule has 2 fully saturated rings. The minimum absolute atomic E-state index is 0.0425. The van der Waals surface area contributed by atoms with Gasteiger partial charge in [-0.2, -0.15) is 11.8 Å². The van der Waals surface area contributed by atoms with Crippen LogP contribution in [0.3, 0.4) is 0 Å². The van der Waals surface area contributed by atoms with Crippen molar-refractivity contribution in [2.75, 3.05) is 59.0 Å². The summed E-state index contributed by atoms with van der Waals surface area (Å²) in [5, 5.41) is 0. The van der Waals surface area contributed by atoms with Crippen LogP contribution in [0, 0.1) is 0 Å². The maximum absolute atomic E-state index is 13.4. The fraction of sp³-hybridized carbons (Fsp3) is 0.650. The number of benzene rings is 1. The zero-order valence-electron chi connectivity index (χ0n) is 16.5. The zero-order chi connectivity index (χ0) is 19.2. The quantitative estimate of drug-likeness (QED) is 0.740. The van der Waals surface area contributed by atoms with E-state index in [-0.39, 0.29) is 11.9 Å². The highest BCUT2D eigenvalue weighted by atomic mass is 32.2. The molecule has 2 aliphatic rings. The van der Waals surface area contributed by atoms with E-state index in [0.717, 1.165) is 44.1 Å². The predicted octanol–water partition coefficient (Wildman–Crippen LogP) is 2.76. The lowest BCUT2D eigenvalue weighted by Gasteiger charge is -2.33. The van der Waals surface area contributed by atoms with Crippen LogP contribution in [0.4, 0.5) is 0 Å². The third-order valence-corrected chi connectivity index (χ3v) is 6.48. The largest absolute Gasteiger partial charge is 0.493 e. The number of hydrogen-bond acceptors (Lipinski definition) is 6. The van der Waals surface area contributed by atoms with Gasteiger partial charge in [0.1, 0.15) is 0 Å². The lowest BCUT2D eigenvalue weighted by atomic mass is 10.1. The van der Waals surface area contributed by atoms with Gasteiger partial charge in [-0.1, -0.05) is 0 Å². The van der Waals surface area contributed by atoms with E-state index >= 15 is 0 Å². The SMILES string of the molecule is COc1cc(C(=O)N2CCCSCC2CN2CCCC2)cc(OC)c1OC. The molecule has 2 saturated heterocycles. The molecular formula is C20H30N2O4S. The monoisotopic (exact) mass is 394 g/mol. The molecule has 1 atom stereocenters. The minimum atomic E-state index is 0.0425. The Bertz CT molecular complexity index is 624. The van der Waals surface area contributed by atoms with Crippen molar-refractivity contribution in [3.05, 3.63) is 17.7 Å². The van der Waals surface area contributed by atoms with E-state index in [2.05, 4.69) is 9.80 Å². The number of rotatable bonds is 6. The van der Waals surface area contributed by atoms with Crippen LogP contribution in [0.25, 0.3) is 0 Å². The number of thioether (sulfide) groups is 1. The summed E-state index contributed by atoms with van der Waals surface area (Å²) in [4.78, 5) is 18.0. The van der Waals surface area contributed by atoms with Crippen molar-refractivity contribution in [2.45, 2.75) is 25.3 Å². The molecule has 150 valence electrons. The molecule has 0 bridgehead atoms. The second-order valence-corrected chi connectivity index (χ2v) is 8.15. The van der Waals surface area contributed by atoms with Crippen LogP contribution in [0.2, 0.25) is 0 Å². The zero-order valence-corrected chi connectivity index (χ0v) is 17.3. The molecule has 7 heteroatoms. The van der Waals surface area contributed by atoms with Gasteiger partial charge >= 0.3 is 0 Å². The van der Waals surface area contributed by atoms with Crippen LogP contribution in [-0.2, 0) is 0 Å². The maximum atomic E-state index is 13.4. The molecule has 1 unspecified atom stereocenters. The number of nitrogens with zero attached hydrogens (tertiary/aromatic N) is 2. The molecule has 0 aliphatic carbocycles. The second-order valence-electron chi connectivity index (χ2n) is 7.00. The summed E-state index contributed by atoms with van der Waals surface area (Å²) >= 11 is 1.96. The number of carbonyl (C=O) groups excluding carboxylic acids is 1. The molecule has 1 amide bonds. The molecule has 1 aromatic rings. The summed E-state index contributed by atoms with van der Waals surface area (Å²) in [5.41, 5.74) is 0.586. The van der Waals surface area contributed by atoms with Crippen molar-refractivity contribution >= 4 is 17.7 Å². The average molecular weight is 395 g/mol. The normalized spacial score (nSPS) is 21.0. The molecule has 2 heterocycles. The molecule has 0 spiro atoms. The fourth-order valence-electron chi connectivity index (χ4n) is 3.88. The summed E-state index contributed by atoms with van der Waals surface area (Å²) < 4.78 is 16.2. The van der Waals surface area contributed by atoms with Crippen LogP contribution in [-0.4, -0.2) is 80.8 Å². The van der Waals surface area contributed by atoms with Gasteiger partial charge in [0, 0.05) is 24.4 Å². The summed E-state index contributed by atoms with van der Waals surface area (Å²) in [6.45, 7) is 4.05. The van der Waals surface area contributed by atoms with E-state index in [1.54, 1.807) is 33.5 Å². The minimum Gasteiger partial charge on any atom is -0.493 e. The van der Waals surface area contributed by atoms with Crippen LogP contribution in [0.1, 0.15) is 29.6 Å². The van der Waals surface area contributed by atoms with Gasteiger partial charge in [-0.15, -0.1) is 0 Å². The van der Waals surface area contributed by atoms with Crippen LogP contribution in [0.5, 0.6) is 17.2 Å². The lowest BCUT2D eigenvalue weighted by molar-refractivity contribution is 0.0666. The van der Waals surface area contributed by atoms with Gasteiger partial charge in [-0.25, -0.2) is 0 Å². The molecule has 27 heavy (non-hydrogen) atoms. The number of methoxy groups -OCH3 is 3. The van der Waals surface area contributed by atoms with Gasteiger partial charge < -0.3 is 24.0 Å². The highest BCUT2D eigenvalue weighted by Crippen LogP contribution is 2.38. The summed E-state index contributed by atoms with van der Waals surface area (Å²) in [7, 11) is 4.72. The van der Waals surface area contributed by atoms with Crippen molar-refractivity contribution in [1.29, 1.82) is 0 Å². The molecule has 0 aromatic heterocycles. The molecule has 1 aromatic carbocycles. The van der Waals surface area contributed by atoms with E-state index < -0.39 is 0 Å². The van der Waals surface area contributed by atoms with E-state index in [0.29, 0.717) is 22.8 Å². The van der Waals surface area contributed by atoms with Crippen molar-refractivity contribution in [2.24, 2.45) is 0 Å². The Hall–Kier alpha value is -1.60. The molecule has 2 aliphatic heterocycles. The standard InChI is InChI=1S/C20H30N2O4S/c1-24-17-11-15(12-18(25-2)19(17)26-3)20(23)22-9-6-10-27-14-16(22)13-21-7-4-5-8-21/h11-12,16H,4-10,13-14H2,1-3H3. The third-order valence-electron chi connectivity index (χ3n) is 5.28. The molecule has 0 radical (unpaired) electrons. The fourth-order valence-corrected chi connectivity index (χ4v) is 4.94. The average Bonchev–Trinajstić information content (AvgIpc) is 3.10. The first-order chi connectivity index (χ1) is 13.2. The Morgan fingerprint density at radius 3 is 2.30 bits per heavy atom. The topological polar surface area (TPSA) is 51.2 Å². The van der Waals surface area contributed by atoms with Gasteiger partial charge in [0.2, 0.25) is 5.75 Å². The molecule has 0 saturated carbocycles. The summed E-state index contributed by atoms with van der Waals surface area (Å²) in [6.07, 6.45) is 3.55. The second kappa shape index (κ2) is 9.55. The summed E-state index contributed by atoms with van der Waals surface area (Å²) in [6, 6.07) is 3.76. The molecular weight excluding hydrogens is 364 g/mol. The van der Waals surface area contributed by atoms with Crippen molar-refractivity contribution in [1.82, 2.24) is 9.80 Å². The van der Waals surface area contributed by atoms with Crippen molar-refractivity contribution in [3.63, 3.8) is 0 Å². The summed E-state index contributed by atoms with van der Waals surface area (Å²) in [5.74, 6) is 3.68. The van der Waals surface area contributed by atoms with Crippen LogP contribution in [0.15, 0.2) is 12.1 Å². The van der Waals surface area contributed by atoms with Crippen molar-refractivity contribution in [3.8, 4) is 17.2 Å². The van der Waals surface area contributed by atoms with E-state index in [1.807, 2.05) is 11.8 Å². The number of carbonyl (C=O) groups is 1. The molecule has 3 rings (SSSR count). The number of hydrogen-bond donors (Lipinski definition) is 0. The number of ether oxygens (including phenoxy) is 3. The van der Waals surface area contributed by atoms with Gasteiger partial charge in [0.25, 0.3) is 5.91 Å². The lowest BCUT2D eigenvalue weighted by Crippen LogP contribution is -2.47. The number of amides is 1. The van der Waals surface area contributed by atoms with Gasteiger partial charge in [0.05, 0.1) is 27.4 Å². The molecule has 6 nitrogen and oxygen atoms in total. The van der Waals surface area contributed by atoms with Crippen molar-refractivity contribution < 1.29 is 19.0 Å². The first-order valence-electron chi connectivity index (χ1n) is 9.59. The predicted molar refractivity (Wildman–Crippen MR) is 109 cm³/mol. The Balaban J connectivity index is 1.86. The Morgan fingerprint density at radius 1 is 1.04 bits per heavy atom. The number of likely N-dealkylation sites (tertiary alicyclic amines) is 1. The van der Waals surface area contributed by atoms with Crippen LogP contribution >= 0.6 is 11.8 Å². The smallest absolute Gasteiger partial charge is 0.254 e. The van der Waals surface area contributed by atoms with E-state index in [9.17, 15) is 4.79 Å². The highest BCUT2D eigenvalue weighted by Gasteiger charge is 2.30. The maximum Gasteiger partial charge on any atom is 0.254 e. The van der Waals surface area contributed by atoms with E-state index in [4.69, 9.17) is 14.2 Å². The third kappa shape index (κ3) is 4.63. The van der Waals surface area contributed by atoms with Gasteiger partial charge in [-0.05, 0) is 50.2 Å². The van der Waals surface area contributed by atoms with Gasteiger partial charge in [-0.3, -0.25) is 4.79 Å². The Labute approximate surface area is 166 Å². The first-order valence-corrected chi connectivity index (χ1v) is 10.7. The molecule has 0 N–H and O–H groups in total.